The number of fused-ring (bicyclic) bond motifs is 1. The molecular weight excluding hydrogens is 196 g/mol. The number of hydrogen-bond donors (Lipinski definition) is 0. The summed E-state index contributed by atoms with van der Waals surface area (Å²) in [6.07, 6.45) is 1.61. The number of nitrogens with zero attached hydrogens (tertiary/aromatic N) is 2. The Bertz CT molecular complexity index is 543. The molecule has 0 unspecified atom stereocenters. The monoisotopic (exact) mass is 206 g/mol. The lowest BCUT2D eigenvalue weighted by Gasteiger charge is -2.04. The van der Waals surface area contributed by atoms with Gasteiger partial charge in [0.25, 0.3) is 5.56 Å². The van der Waals surface area contributed by atoms with Crippen LogP contribution in [-0.4, -0.2) is 23.6 Å². The van der Waals surface area contributed by atoms with Crippen LogP contribution >= 0.6 is 0 Å². The summed E-state index contributed by atoms with van der Waals surface area (Å²) in [6.45, 7) is 0. The van der Waals surface area contributed by atoms with Crippen molar-refractivity contribution in [2.24, 2.45) is 0 Å². The van der Waals surface area contributed by atoms with E-state index in [1.54, 1.807) is 25.4 Å². The van der Waals surface area contributed by atoms with Crippen molar-refractivity contribution < 1.29 is 9.47 Å². The zero-order chi connectivity index (χ0) is 10.8. The van der Waals surface area contributed by atoms with Crippen LogP contribution in [0, 0.1) is 0 Å². The van der Waals surface area contributed by atoms with E-state index in [9.17, 15) is 4.79 Å². The average Bonchev–Trinajstić information content (AvgIpc) is 2.28. The van der Waals surface area contributed by atoms with E-state index in [-0.39, 0.29) is 5.56 Å². The fraction of sp³-hybridized carbons (Fsp3) is 0.200. The molecule has 0 bridgehead atoms. The van der Waals surface area contributed by atoms with Crippen molar-refractivity contribution in [1.29, 1.82) is 0 Å². The number of rotatable bonds is 2. The van der Waals surface area contributed by atoms with Crippen LogP contribution < -0.4 is 15.0 Å². The molecule has 0 aliphatic rings. The van der Waals surface area contributed by atoms with Crippen LogP contribution in [0.15, 0.2) is 29.2 Å². The zero-order valence-electron chi connectivity index (χ0n) is 8.43. The molecule has 5 nitrogen and oxygen atoms in total. The molecule has 0 spiro atoms. The summed E-state index contributed by atoms with van der Waals surface area (Å²) in [6, 6.07) is 4.70. The van der Waals surface area contributed by atoms with Crippen LogP contribution in [0.3, 0.4) is 0 Å². The molecule has 2 heterocycles. The molecule has 0 aromatic carbocycles. The van der Waals surface area contributed by atoms with Crippen molar-refractivity contribution >= 4 is 5.65 Å². The van der Waals surface area contributed by atoms with Gasteiger partial charge in [0.2, 0.25) is 5.88 Å². The second kappa shape index (κ2) is 3.61. The molecule has 0 amide bonds. The van der Waals surface area contributed by atoms with Gasteiger partial charge >= 0.3 is 0 Å². The summed E-state index contributed by atoms with van der Waals surface area (Å²) in [5.74, 6) is 0.948. The van der Waals surface area contributed by atoms with E-state index in [1.807, 2.05) is 0 Å². The number of methoxy groups -OCH3 is 2. The van der Waals surface area contributed by atoms with E-state index < -0.39 is 0 Å². The lowest BCUT2D eigenvalue weighted by Crippen LogP contribution is -2.13. The summed E-state index contributed by atoms with van der Waals surface area (Å²) in [7, 11) is 3.03. The smallest absolute Gasteiger partial charge is 0.261 e. The van der Waals surface area contributed by atoms with Crippen molar-refractivity contribution in [1.82, 2.24) is 9.38 Å². The molecule has 0 saturated heterocycles. The first-order valence-electron chi connectivity index (χ1n) is 4.36. The van der Waals surface area contributed by atoms with Gasteiger partial charge in [-0.05, 0) is 6.07 Å². The Morgan fingerprint density at radius 2 is 2.07 bits per heavy atom. The summed E-state index contributed by atoms with van der Waals surface area (Å²) in [5, 5.41) is 0. The van der Waals surface area contributed by atoms with Crippen LogP contribution in [-0.2, 0) is 0 Å². The maximum Gasteiger partial charge on any atom is 0.261 e. The Morgan fingerprint density at radius 3 is 2.73 bits per heavy atom. The Kier molecular flexibility index (Phi) is 2.29. The van der Waals surface area contributed by atoms with E-state index >= 15 is 0 Å². The maximum absolute atomic E-state index is 11.6. The Labute approximate surface area is 85.9 Å². The van der Waals surface area contributed by atoms with E-state index in [1.165, 1.54) is 17.6 Å². The summed E-state index contributed by atoms with van der Waals surface area (Å²) >= 11 is 0. The fourth-order valence-electron chi connectivity index (χ4n) is 1.29. The van der Waals surface area contributed by atoms with Gasteiger partial charge in [-0.1, -0.05) is 0 Å². The number of ether oxygens (including phenoxy) is 2. The van der Waals surface area contributed by atoms with Crippen LogP contribution in [0.1, 0.15) is 0 Å². The maximum atomic E-state index is 11.6. The molecule has 0 aliphatic carbocycles. The third kappa shape index (κ3) is 1.63. The molecule has 0 N–H and O–H groups in total. The standard InChI is InChI=1S/C10H10N2O3/c1-14-7-3-4-12-8(5-7)11-9(15-2)6-10(12)13/h3-6H,1-2H3. The highest BCUT2D eigenvalue weighted by Crippen LogP contribution is 2.12. The van der Waals surface area contributed by atoms with Crippen LogP contribution in [0.5, 0.6) is 11.6 Å². The molecule has 0 radical (unpaired) electrons. The van der Waals surface area contributed by atoms with Crippen molar-refractivity contribution in [3.05, 3.63) is 34.7 Å². The quantitative estimate of drug-likeness (QED) is 0.726. The molecule has 0 atom stereocenters. The van der Waals surface area contributed by atoms with Gasteiger partial charge in [-0.15, -0.1) is 0 Å². The predicted molar refractivity (Wildman–Crippen MR) is 54.6 cm³/mol. The molecule has 0 aliphatic heterocycles. The molecule has 2 aromatic rings. The first-order chi connectivity index (χ1) is 7.24. The Morgan fingerprint density at radius 1 is 1.27 bits per heavy atom. The summed E-state index contributed by atoms with van der Waals surface area (Å²) in [5.41, 5.74) is 0.318. The first-order valence-corrected chi connectivity index (χ1v) is 4.36. The minimum atomic E-state index is -0.181. The number of hydrogen-bond acceptors (Lipinski definition) is 4. The highest BCUT2D eigenvalue weighted by molar-refractivity contribution is 5.45. The molecule has 5 heteroatoms. The molecule has 2 aromatic heterocycles. The molecule has 0 fully saturated rings. The Hall–Kier alpha value is -2.04. The van der Waals surface area contributed by atoms with Gasteiger partial charge in [0.05, 0.1) is 20.3 Å². The molecular formula is C10H10N2O3. The van der Waals surface area contributed by atoms with E-state index in [0.29, 0.717) is 17.3 Å². The van der Waals surface area contributed by atoms with Crippen LogP contribution in [0.25, 0.3) is 5.65 Å². The summed E-state index contributed by atoms with van der Waals surface area (Å²) < 4.78 is 11.4. The molecule has 2 rings (SSSR count). The van der Waals surface area contributed by atoms with E-state index in [2.05, 4.69) is 4.98 Å². The average molecular weight is 206 g/mol. The van der Waals surface area contributed by atoms with Gasteiger partial charge in [0.1, 0.15) is 11.4 Å². The highest BCUT2D eigenvalue weighted by atomic mass is 16.5. The number of pyridine rings is 1. The lowest BCUT2D eigenvalue weighted by molar-refractivity contribution is 0.396. The van der Waals surface area contributed by atoms with Crippen molar-refractivity contribution in [2.75, 3.05) is 14.2 Å². The van der Waals surface area contributed by atoms with Gasteiger partial charge in [-0.3, -0.25) is 9.20 Å². The third-order valence-corrected chi connectivity index (χ3v) is 2.06. The van der Waals surface area contributed by atoms with Gasteiger partial charge in [0.15, 0.2) is 0 Å². The molecule has 0 saturated carbocycles. The topological polar surface area (TPSA) is 52.8 Å². The minimum absolute atomic E-state index is 0.181. The normalized spacial score (nSPS) is 10.3. The van der Waals surface area contributed by atoms with Gasteiger partial charge in [-0.2, -0.15) is 4.98 Å². The van der Waals surface area contributed by atoms with Crippen molar-refractivity contribution in [3.63, 3.8) is 0 Å². The Balaban J connectivity index is 2.75. The largest absolute Gasteiger partial charge is 0.497 e. The molecule has 15 heavy (non-hydrogen) atoms. The highest BCUT2D eigenvalue weighted by Gasteiger charge is 2.02. The number of aromatic nitrogens is 2. The summed E-state index contributed by atoms with van der Waals surface area (Å²) in [4.78, 5) is 15.7. The minimum Gasteiger partial charge on any atom is -0.497 e. The fourth-order valence-corrected chi connectivity index (χ4v) is 1.29. The SMILES string of the molecule is COc1ccn2c(=O)cc(OC)nc2c1. The van der Waals surface area contributed by atoms with Gasteiger partial charge in [0, 0.05) is 12.3 Å². The zero-order valence-corrected chi connectivity index (χ0v) is 8.43. The molecule has 78 valence electrons. The predicted octanol–water partition coefficient (Wildman–Crippen LogP) is 0.712. The second-order valence-corrected chi connectivity index (χ2v) is 2.93. The van der Waals surface area contributed by atoms with Gasteiger partial charge in [-0.25, -0.2) is 0 Å². The lowest BCUT2D eigenvalue weighted by atomic mass is 10.4. The van der Waals surface area contributed by atoms with Crippen LogP contribution in [0.2, 0.25) is 0 Å². The first kappa shape index (κ1) is 9.51. The second-order valence-electron chi connectivity index (χ2n) is 2.93. The van der Waals surface area contributed by atoms with E-state index in [4.69, 9.17) is 9.47 Å². The van der Waals surface area contributed by atoms with Gasteiger partial charge < -0.3 is 9.47 Å². The third-order valence-electron chi connectivity index (χ3n) is 2.06. The van der Waals surface area contributed by atoms with E-state index in [0.717, 1.165) is 0 Å². The van der Waals surface area contributed by atoms with Crippen molar-refractivity contribution in [2.45, 2.75) is 0 Å². The van der Waals surface area contributed by atoms with Crippen molar-refractivity contribution in [3.8, 4) is 11.6 Å². The van der Waals surface area contributed by atoms with Crippen LogP contribution in [0.4, 0.5) is 0 Å².